The van der Waals surface area contributed by atoms with Gasteiger partial charge >= 0.3 is 0 Å². The van der Waals surface area contributed by atoms with Gasteiger partial charge in [-0.2, -0.15) is 11.8 Å². The Balaban J connectivity index is 2.49. The van der Waals surface area contributed by atoms with E-state index >= 15 is 0 Å². The lowest BCUT2D eigenvalue weighted by molar-refractivity contribution is -0.134. The minimum absolute atomic E-state index is 0.0645. The van der Waals surface area contributed by atoms with Gasteiger partial charge in [0.05, 0.1) is 6.04 Å². The lowest BCUT2D eigenvalue weighted by Crippen LogP contribution is -2.50. The molecule has 1 fully saturated rings. The maximum absolute atomic E-state index is 12.2. The highest BCUT2D eigenvalue weighted by Gasteiger charge is 2.26. The number of hydrogen-bond acceptors (Lipinski definition) is 3. The number of carbonyl (C=O) groups is 1. The molecule has 1 aliphatic heterocycles. The van der Waals surface area contributed by atoms with Crippen LogP contribution in [0.2, 0.25) is 0 Å². The molecule has 3 nitrogen and oxygen atoms in total. The lowest BCUT2D eigenvalue weighted by Gasteiger charge is -2.32. The van der Waals surface area contributed by atoms with Crippen LogP contribution in [0.15, 0.2) is 0 Å². The van der Waals surface area contributed by atoms with Gasteiger partial charge in [0.15, 0.2) is 0 Å². The van der Waals surface area contributed by atoms with Gasteiger partial charge in [-0.05, 0) is 32.1 Å². The highest BCUT2D eigenvalue weighted by molar-refractivity contribution is 7.98. The predicted molar refractivity (Wildman–Crippen MR) is 70.9 cm³/mol. The van der Waals surface area contributed by atoms with E-state index in [9.17, 15) is 4.79 Å². The van der Waals surface area contributed by atoms with E-state index in [1.807, 2.05) is 23.7 Å². The van der Waals surface area contributed by atoms with Gasteiger partial charge in [0.25, 0.3) is 0 Å². The second kappa shape index (κ2) is 7.17. The van der Waals surface area contributed by atoms with Crippen molar-refractivity contribution in [3.05, 3.63) is 0 Å². The molecule has 16 heavy (non-hydrogen) atoms. The number of thioether (sulfide) groups is 1. The first-order valence-electron chi connectivity index (χ1n) is 6.19. The first-order valence-corrected chi connectivity index (χ1v) is 7.59. The molecule has 0 spiro atoms. The molecule has 1 saturated heterocycles. The van der Waals surface area contributed by atoms with Crippen LogP contribution in [0.4, 0.5) is 0 Å². The number of likely N-dealkylation sites (N-methyl/N-ethyl adjacent to an activating group) is 1. The van der Waals surface area contributed by atoms with Gasteiger partial charge in [-0.25, -0.2) is 0 Å². The molecule has 1 N–H and O–H groups in total. The zero-order chi connectivity index (χ0) is 12.0. The van der Waals surface area contributed by atoms with E-state index in [0.717, 1.165) is 25.1 Å². The van der Waals surface area contributed by atoms with E-state index < -0.39 is 0 Å². The number of nitrogens with one attached hydrogen (secondary N) is 1. The Hall–Kier alpha value is -0.220. The van der Waals surface area contributed by atoms with Gasteiger partial charge in [0, 0.05) is 18.8 Å². The van der Waals surface area contributed by atoms with Crippen molar-refractivity contribution >= 4 is 17.7 Å². The number of nitrogens with zero attached hydrogens (tertiary/aromatic N) is 1. The summed E-state index contributed by atoms with van der Waals surface area (Å²) < 4.78 is 0. The molecule has 1 rings (SSSR count). The minimum atomic E-state index is 0.0645. The Bertz CT molecular complexity index is 217. The summed E-state index contributed by atoms with van der Waals surface area (Å²) in [7, 11) is 1.95. The second-order valence-corrected chi connectivity index (χ2v) is 5.38. The van der Waals surface area contributed by atoms with Gasteiger partial charge in [-0.1, -0.05) is 13.3 Å². The molecular formula is C12H24N2OS. The number of hydrogen-bond donors (Lipinski definition) is 1. The highest BCUT2D eigenvalue weighted by Crippen LogP contribution is 2.14. The summed E-state index contributed by atoms with van der Waals surface area (Å²) in [6.45, 7) is 3.14. The number of rotatable bonds is 5. The molecule has 0 saturated carbocycles. The molecular weight excluding hydrogens is 220 g/mol. The van der Waals surface area contributed by atoms with E-state index in [-0.39, 0.29) is 11.9 Å². The molecule has 2 unspecified atom stereocenters. The van der Waals surface area contributed by atoms with E-state index in [1.165, 1.54) is 12.8 Å². The van der Waals surface area contributed by atoms with Crippen LogP contribution >= 0.6 is 11.8 Å². The van der Waals surface area contributed by atoms with E-state index in [1.54, 1.807) is 0 Å². The summed E-state index contributed by atoms with van der Waals surface area (Å²) >= 11 is 1.81. The van der Waals surface area contributed by atoms with Crippen molar-refractivity contribution in [3.8, 4) is 0 Å². The first kappa shape index (κ1) is 13.8. The molecule has 0 aromatic heterocycles. The summed E-state index contributed by atoms with van der Waals surface area (Å²) in [6, 6.07) is 0.445. The van der Waals surface area contributed by atoms with Crippen LogP contribution in [0.5, 0.6) is 0 Å². The summed E-state index contributed by atoms with van der Waals surface area (Å²) in [5.41, 5.74) is 0. The third kappa shape index (κ3) is 3.67. The van der Waals surface area contributed by atoms with Gasteiger partial charge in [-0.15, -0.1) is 0 Å². The van der Waals surface area contributed by atoms with E-state index in [4.69, 9.17) is 0 Å². The topological polar surface area (TPSA) is 32.3 Å². The molecule has 1 heterocycles. The molecule has 1 amide bonds. The van der Waals surface area contributed by atoms with Crippen LogP contribution in [0, 0.1) is 0 Å². The third-order valence-corrected chi connectivity index (χ3v) is 4.05. The SMILES string of the molecule is CCC(CSC)N(C)C(=O)C1CCCCN1. The molecule has 0 aromatic rings. The fourth-order valence-corrected chi connectivity index (χ4v) is 3.03. The largest absolute Gasteiger partial charge is 0.341 e. The quantitative estimate of drug-likeness (QED) is 0.799. The lowest BCUT2D eigenvalue weighted by atomic mass is 10.0. The average molecular weight is 244 g/mol. The van der Waals surface area contributed by atoms with Crippen molar-refractivity contribution in [1.82, 2.24) is 10.2 Å². The maximum atomic E-state index is 12.2. The van der Waals surface area contributed by atoms with Crippen molar-refractivity contribution in [2.45, 2.75) is 44.7 Å². The zero-order valence-electron chi connectivity index (χ0n) is 10.7. The van der Waals surface area contributed by atoms with Crippen LogP contribution in [0.1, 0.15) is 32.6 Å². The van der Waals surface area contributed by atoms with Crippen molar-refractivity contribution < 1.29 is 4.79 Å². The molecule has 0 aromatic carbocycles. The van der Waals surface area contributed by atoms with Gasteiger partial charge < -0.3 is 10.2 Å². The monoisotopic (exact) mass is 244 g/mol. The van der Waals surface area contributed by atoms with Crippen molar-refractivity contribution in [1.29, 1.82) is 0 Å². The maximum Gasteiger partial charge on any atom is 0.239 e. The smallest absolute Gasteiger partial charge is 0.239 e. The normalized spacial score (nSPS) is 22.8. The standard InChI is InChI=1S/C12H24N2OS/c1-4-10(9-16-3)14(2)12(15)11-7-5-6-8-13-11/h10-11,13H,4-9H2,1-3H3. The molecule has 0 aliphatic carbocycles. The summed E-state index contributed by atoms with van der Waals surface area (Å²) in [6.07, 6.45) is 6.51. The molecule has 4 heteroatoms. The van der Waals surface area contributed by atoms with Crippen molar-refractivity contribution in [2.75, 3.05) is 25.6 Å². The predicted octanol–water partition coefficient (Wildman–Crippen LogP) is 1.73. The first-order chi connectivity index (χ1) is 7.70. The Morgan fingerprint density at radius 3 is 2.81 bits per heavy atom. The third-order valence-electron chi connectivity index (χ3n) is 3.33. The molecule has 1 aliphatic rings. The molecule has 0 radical (unpaired) electrons. The van der Waals surface area contributed by atoms with Crippen molar-refractivity contribution in [2.24, 2.45) is 0 Å². The summed E-state index contributed by atoms with van der Waals surface area (Å²) in [5, 5.41) is 3.32. The fraction of sp³-hybridized carbons (Fsp3) is 0.917. The van der Waals surface area contributed by atoms with Crippen LogP contribution in [-0.2, 0) is 4.79 Å². The molecule has 94 valence electrons. The minimum Gasteiger partial charge on any atom is -0.341 e. The van der Waals surface area contributed by atoms with Gasteiger partial charge in [-0.3, -0.25) is 4.79 Å². The van der Waals surface area contributed by atoms with Gasteiger partial charge in [0.1, 0.15) is 0 Å². The Morgan fingerprint density at radius 1 is 1.56 bits per heavy atom. The van der Waals surface area contributed by atoms with E-state index in [2.05, 4.69) is 18.5 Å². The van der Waals surface area contributed by atoms with Crippen LogP contribution in [0.25, 0.3) is 0 Å². The van der Waals surface area contributed by atoms with Crippen molar-refractivity contribution in [3.63, 3.8) is 0 Å². The summed E-state index contributed by atoms with van der Waals surface area (Å²) in [5.74, 6) is 1.31. The van der Waals surface area contributed by atoms with E-state index in [0.29, 0.717) is 6.04 Å². The zero-order valence-corrected chi connectivity index (χ0v) is 11.5. The van der Waals surface area contributed by atoms with Crippen LogP contribution < -0.4 is 5.32 Å². The Kier molecular flexibility index (Phi) is 6.21. The fourth-order valence-electron chi connectivity index (χ4n) is 2.18. The summed E-state index contributed by atoms with van der Waals surface area (Å²) in [4.78, 5) is 14.2. The van der Waals surface area contributed by atoms with Crippen LogP contribution in [-0.4, -0.2) is 48.5 Å². The Morgan fingerprint density at radius 2 is 2.31 bits per heavy atom. The molecule has 2 atom stereocenters. The second-order valence-electron chi connectivity index (χ2n) is 4.47. The number of carbonyl (C=O) groups excluding carboxylic acids is 1. The Labute approximate surface area is 103 Å². The number of piperidine rings is 1. The average Bonchev–Trinajstić information content (AvgIpc) is 2.35. The van der Waals surface area contributed by atoms with Gasteiger partial charge in [0.2, 0.25) is 5.91 Å². The van der Waals surface area contributed by atoms with Crippen LogP contribution in [0.3, 0.4) is 0 Å². The molecule has 0 bridgehead atoms. The highest BCUT2D eigenvalue weighted by atomic mass is 32.2. The number of amides is 1.